The van der Waals surface area contributed by atoms with Gasteiger partial charge in [0.2, 0.25) is 0 Å². The summed E-state index contributed by atoms with van der Waals surface area (Å²) in [6.45, 7) is 1.49. The molecule has 1 rings (SSSR count). The number of halogens is 3. The van der Waals surface area contributed by atoms with Gasteiger partial charge in [-0.05, 0) is 18.4 Å². The molecule has 0 bridgehead atoms. The largest absolute Gasteiger partial charge is 0.454 e. The van der Waals surface area contributed by atoms with Crippen molar-refractivity contribution in [1.82, 2.24) is 0 Å². The predicted molar refractivity (Wildman–Crippen MR) is 39.4 cm³/mol. The Morgan fingerprint density at radius 2 is 2.08 bits per heavy atom. The van der Waals surface area contributed by atoms with Crippen molar-refractivity contribution >= 4 is 17.1 Å². The third kappa shape index (κ3) is 1.66. The first-order valence-electron chi connectivity index (χ1n) is 3.08. The molecule has 12 heavy (non-hydrogen) atoms. The lowest BCUT2D eigenvalue weighted by atomic mass is 10.2. The van der Waals surface area contributed by atoms with Gasteiger partial charge in [0.15, 0.2) is 0 Å². The van der Waals surface area contributed by atoms with Crippen LogP contribution in [0, 0.1) is 6.92 Å². The molecule has 0 aliphatic carbocycles. The first-order valence-corrected chi connectivity index (χ1v) is 3.96. The predicted octanol–water partition coefficient (Wildman–Crippen LogP) is 2.80. The van der Waals surface area contributed by atoms with Crippen LogP contribution in [0.4, 0.5) is 13.2 Å². The van der Waals surface area contributed by atoms with Gasteiger partial charge in [-0.3, -0.25) is 4.79 Å². The second-order valence-corrected chi connectivity index (χ2v) is 3.34. The Morgan fingerprint density at radius 1 is 1.50 bits per heavy atom. The summed E-state index contributed by atoms with van der Waals surface area (Å²) in [5.74, 6) is -1.76. The highest BCUT2D eigenvalue weighted by molar-refractivity contribution is 7.10. The summed E-state index contributed by atoms with van der Waals surface area (Å²) >= 11 is 1.13. The molecule has 0 aliphatic heterocycles. The van der Waals surface area contributed by atoms with Crippen LogP contribution < -0.4 is 0 Å². The molecule has 0 saturated carbocycles. The maximum Gasteiger partial charge on any atom is 0.454 e. The minimum atomic E-state index is -4.76. The van der Waals surface area contributed by atoms with Gasteiger partial charge in [0, 0.05) is 10.4 Å². The molecular weight excluding hydrogens is 189 g/mol. The van der Waals surface area contributed by atoms with E-state index in [0.717, 1.165) is 11.3 Å². The van der Waals surface area contributed by atoms with E-state index in [1.807, 2.05) is 0 Å². The molecule has 0 saturated heterocycles. The molecule has 66 valence electrons. The summed E-state index contributed by atoms with van der Waals surface area (Å²) in [4.78, 5) is 11.0. The summed E-state index contributed by atoms with van der Waals surface area (Å²) < 4.78 is 35.5. The zero-order valence-corrected chi connectivity index (χ0v) is 6.92. The number of ketones is 1. The zero-order valence-electron chi connectivity index (χ0n) is 6.11. The Balaban J connectivity index is 3.01. The number of alkyl halides is 3. The normalized spacial score (nSPS) is 11.7. The molecule has 0 aromatic carbocycles. The fourth-order valence-corrected chi connectivity index (χ4v) is 1.47. The minimum absolute atomic E-state index is 0.243. The number of thiophene rings is 1. The molecule has 0 aliphatic rings. The number of hydrogen-bond acceptors (Lipinski definition) is 2. The lowest BCUT2D eigenvalue weighted by Gasteiger charge is -2.03. The fraction of sp³-hybridized carbons (Fsp3) is 0.286. The Morgan fingerprint density at radius 3 is 2.42 bits per heavy atom. The van der Waals surface area contributed by atoms with E-state index < -0.39 is 12.0 Å². The van der Waals surface area contributed by atoms with Crippen LogP contribution in [0.2, 0.25) is 0 Å². The van der Waals surface area contributed by atoms with Crippen molar-refractivity contribution in [3.8, 4) is 0 Å². The molecule has 1 nitrogen and oxygen atoms in total. The van der Waals surface area contributed by atoms with E-state index in [4.69, 9.17) is 0 Å². The standard InChI is InChI=1S/C7H5F3OS/c1-4-5(2-3-12-4)6(11)7(8,9)10/h2-3H,1H3. The van der Waals surface area contributed by atoms with E-state index in [2.05, 4.69) is 0 Å². The molecular formula is C7H5F3OS. The van der Waals surface area contributed by atoms with E-state index >= 15 is 0 Å². The Bertz CT molecular complexity index is 300. The lowest BCUT2D eigenvalue weighted by Crippen LogP contribution is -2.22. The van der Waals surface area contributed by atoms with Crippen LogP contribution in [-0.2, 0) is 0 Å². The Hall–Kier alpha value is -0.840. The average molecular weight is 194 g/mol. The molecule has 0 amide bonds. The molecule has 5 heteroatoms. The minimum Gasteiger partial charge on any atom is -0.284 e. The maximum atomic E-state index is 11.8. The Kier molecular flexibility index (Phi) is 2.23. The molecule has 0 N–H and O–H groups in total. The van der Waals surface area contributed by atoms with E-state index in [9.17, 15) is 18.0 Å². The van der Waals surface area contributed by atoms with Gasteiger partial charge in [-0.1, -0.05) is 0 Å². The molecule has 1 aromatic rings. The van der Waals surface area contributed by atoms with Crippen molar-refractivity contribution in [2.75, 3.05) is 0 Å². The SMILES string of the molecule is Cc1sccc1C(=O)C(F)(F)F. The second kappa shape index (κ2) is 2.90. The maximum absolute atomic E-state index is 11.8. The van der Waals surface area contributed by atoms with Crippen molar-refractivity contribution in [2.24, 2.45) is 0 Å². The number of hydrogen-bond donors (Lipinski definition) is 0. The molecule has 1 heterocycles. The van der Waals surface area contributed by atoms with Crippen molar-refractivity contribution in [1.29, 1.82) is 0 Å². The summed E-state index contributed by atoms with van der Waals surface area (Å²) in [5, 5.41) is 1.47. The number of carbonyl (C=O) groups excluding carboxylic acids is 1. The second-order valence-electron chi connectivity index (χ2n) is 2.22. The van der Waals surface area contributed by atoms with Crippen molar-refractivity contribution in [3.63, 3.8) is 0 Å². The first-order chi connectivity index (χ1) is 5.43. The topological polar surface area (TPSA) is 17.1 Å². The van der Waals surface area contributed by atoms with E-state index in [0.29, 0.717) is 4.88 Å². The van der Waals surface area contributed by atoms with Crippen LogP contribution in [0.25, 0.3) is 0 Å². The van der Waals surface area contributed by atoms with Crippen LogP contribution in [-0.4, -0.2) is 12.0 Å². The highest BCUT2D eigenvalue weighted by Gasteiger charge is 2.40. The molecule has 0 spiro atoms. The van der Waals surface area contributed by atoms with Gasteiger partial charge in [0.1, 0.15) is 0 Å². The Labute approximate surface area is 70.8 Å². The number of aryl methyl sites for hydroxylation is 1. The third-order valence-corrected chi connectivity index (χ3v) is 2.21. The highest BCUT2D eigenvalue weighted by atomic mass is 32.1. The lowest BCUT2D eigenvalue weighted by molar-refractivity contribution is -0.0885. The molecule has 0 atom stereocenters. The van der Waals surface area contributed by atoms with Gasteiger partial charge in [0.25, 0.3) is 5.78 Å². The van der Waals surface area contributed by atoms with E-state index in [-0.39, 0.29) is 5.56 Å². The van der Waals surface area contributed by atoms with Crippen LogP contribution in [0.5, 0.6) is 0 Å². The highest BCUT2D eigenvalue weighted by Crippen LogP contribution is 2.25. The van der Waals surface area contributed by atoms with Crippen LogP contribution in [0.3, 0.4) is 0 Å². The molecule has 0 radical (unpaired) electrons. The van der Waals surface area contributed by atoms with Gasteiger partial charge in [-0.2, -0.15) is 13.2 Å². The van der Waals surface area contributed by atoms with Crippen molar-refractivity contribution < 1.29 is 18.0 Å². The van der Waals surface area contributed by atoms with Crippen LogP contribution in [0.1, 0.15) is 15.2 Å². The van der Waals surface area contributed by atoms with Crippen molar-refractivity contribution in [3.05, 3.63) is 21.9 Å². The van der Waals surface area contributed by atoms with Gasteiger partial charge in [-0.25, -0.2) is 0 Å². The number of rotatable bonds is 1. The van der Waals surface area contributed by atoms with Gasteiger partial charge < -0.3 is 0 Å². The fourth-order valence-electron chi connectivity index (χ4n) is 0.773. The van der Waals surface area contributed by atoms with Gasteiger partial charge in [0.05, 0.1) is 0 Å². The first kappa shape index (κ1) is 9.25. The van der Waals surface area contributed by atoms with E-state index in [1.54, 1.807) is 0 Å². The van der Waals surface area contributed by atoms with Crippen LogP contribution in [0.15, 0.2) is 11.4 Å². The number of carbonyl (C=O) groups is 1. The van der Waals surface area contributed by atoms with Gasteiger partial charge in [-0.15, -0.1) is 11.3 Å². The molecule has 0 fully saturated rings. The summed E-state index contributed by atoms with van der Waals surface area (Å²) in [6.07, 6.45) is -4.76. The molecule has 0 unspecified atom stereocenters. The average Bonchev–Trinajstić information content (AvgIpc) is 2.31. The zero-order chi connectivity index (χ0) is 9.35. The quantitative estimate of drug-likeness (QED) is 0.628. The van der Waals surface area contributed by atoms with E-state index in [1.165, 1.54) is 18.4 Å². The monoisotopic (exact) mass is 194 g/mol. The third-order valence-electron chi connectivity index (χ3n) is 1.36. The summed E-state index contributed by atoms with van der Waals surface area (Å²) in [5.41, 5.74) is -0.243. The number of Topliss-reactive ketones (excluding diaryl/α,β-unsaturated/α-hetero) is 1. The van der Waals surface area contributed by atoms with Crippen LogP contribution >= 0.6 is 11.3 Å². The summed E-state index contributed by atoms with van der Waals surface area (Å²) in [7, 11) is 0. The molecule has 1 aromatic heterocycles. The van der Waals surface area contributed by atoms with Crippen molar-refractivity contribution in [2.45, 2.75) is 13.1 Å². The smallest absolute Gasteiger partial charge is 0.284 e. The van der Waals surface area contributed by atoms with Gasteiger partial charge >= 0.3 is 6.18 Å². The summed E-state index contributed by atoms with van der Waals surface area (Å²) in [6, 6.07) is 1.19.